The lowest BCUT2D eigenvalue weighted by molar-refractivity contribution is -0.384. The fourth-order valence-corrected chi connectivity index (χ4v) is 2.48. The first-order valence-electron chi connectivity index (χ1n) is 5.19. The minimum absolute atomic E-state index is 0.0993. The van der Waals surface area contributed by atoms with Gasteiger partial charge in [-0.15, -0.1) is 0 Å². The second-order valence-electron chi connectivity index (χ2n) is 4.02. The van der Waals surface area contributed by atoms with Crippen molar-refractivity contribution in [1.29, 1.82) is 0 Å². The van der Waals surface area contributed by atoms with Gasteiger partial charge in [-0.1, -0.05) is 0 Å². The molecule has 1 aliphatic heterocycles. The Kier molecular flexibility index (Phi) is 3.58. The maximum atomic E-state index is 11.8. The van der Waals surface area contributed by atoms with E-state index in [1.54, 1.807) is 6.92 Å². The van der Waals surface area contributed by atoms with Crippen LogP contribution in [0.5, 0.6) is 0 Å². The Morgan fingerprint density at radius 1 is 1.67 bits per heavy atom. The van der Waals surface area contributed by atoms with E-state index in [-0.39, 0.29) is 29.1 Å². The van der Waals surface area contributed by atoms with Gasteiger partial charge in [0.25, 0.3) is 0 Å². The lowest BCUT2D eigenvalue weighted by Gasteiger charge is -2.16. The summed E-state index contributed by atoms with van der Waals surface area (Å²) in [5.74, 6) is -0.0884. The van der Waals surface area contributed by atoms with Crippen LogP contribution in [0.1, 0.15) is 12.0 Å². The van der Waals surface area contributed by atoms with Crippen LogP contribution in [-0.2, 0) is 4.79 Å². The van der Waals surface area contributed by atoms with Crippen LogP contribution < -0.4 is 4.90 Å². The standard InChI is InChI=1S/C10H10BrN3O3S/c1-5-7(11)3-12-10(9(5)14(16)17)13-4-6(18)2-8(13)15/h3,6,18H,2,4H2,1H3. The Morgan fingerprint density at radius 3 is 2.83 bits per heavy atom. The van der Waals surface area contributed by atoms with Crippen LogP contribution in [0.3, 0.4) is 0 Å². The third kappa shape index (κ3) is 2.22. The highest BCUT2D eigenvalue weighted by Gasteiger charge is 2.35. The Balaban J connectivity index is 2.54. The SMILES string of the molecule is Cc1c(Br)cnc(N2CC(S)CC2=O)c1[N+](=O)[O-]. The van der Waals surface area contributed by atoms with Crippen molar-refractivity contribution in [3.05, 3.63) is 26.3 Å². The lowest BCUT2D eigenvalue weighted by Crippen LogP contribution is -2.26. The minimum Gasteiger partial charge on any atom is -0.290 e. The molecular weight excluding hydrogens is 322 g/mol. The fraction of sp³-hybridized carbons (Fsp3) is 0.400. The molecule has 18 heavy (non-hydrogen) atoms. The normalized spacial score (nSPS) is 19.4. The van der Waals surface area contributed by atoms with Crippen molar-refractivity contribution >= 4 is 46.0 Å². The summed E-state index contributed by atoms with van der Waals surface area (Å²) >= 11 is 7.42. The molecule has 0 bridgehead atoms. The van der Waals surface area contributed by atoms with E-state index in [1.807, 2.05) is 0 Å². The van der Waals surface area contributed by atoms with E-state index in [1.165, 1.54) is 11.1 Å². The van der Waals surface area contributed by atoms with E-state index in [2.05, 4.69) is 33.5 Å². The Morgan fingerprint density at radius 2 is 2.33 bits per heavy atom. The average Bonchev–Trinajstić information content (AvgIpc) is 2.61. The molecule has 0 spiro atoms. The third-order valence-corrected chi connectivity index (χ3v) is 3.91. The van der Waals surface area contributed by atoms with Crippen molar-refractivity contribution < 1.29 is 9.72 Å². The summed E-state index contributed by atoms with van der Waals surface area (Å²) in [6.45, 7) is 1.96. The van der Waals surface area contributed by atoms with Crippen molar-refractivity contribution in [1.82, 2.24) is 4.98 Å². The summed E-state index contributed by atoms with van der Waals surface area (Å²) in [7, 11) is 0. The average molecular weight is 332 g/mol. The van der Waals surface area contributed by atoms with Crippen molar-refractivity contribution in [2.24, 2.45) is 0 Å². The van der Waals surface area contributed by atoms with Crippen molar-refractivity contribution in [2.45, 2.75) is 18.6 Å². The Labute approximate surface area is 117 Å². The molecule has 1 fully saturated rings. The molecule has 8 heteroatoms. The molecule has 96 valence electrons. The number of amides is 1. The monoisotopic (exact) mass is 331 g/mol. The van der Waals surface area contributed by atoms with Crippen LogP contribution in [0.25, 0.3) is 0 Å². The van der Waals surface area contributed by atoms with Crippen LogP contribution in [-0.4, -0.2) is 27.6 Å². The van der Waals surface area contributed by atoms with E-state index >= 15 is 0 Å². The molecule has 2 heterocycles. The van der Waals surface area contributed by atoms with Crippen molar-refractivity contribution in [3.8, 4) is 0 Å². The molecule has 1 atom stereocenters. The Hall–Kier alpha value is -1.15. The highest BCUT2D eigenvalue weighted by Crippen LogP contribution is 2.35. The first-order valence-corrected chi connectivity index (χ1v) is 6.50. The van der Waals surface area contributed by atoms with E-state index in [0.29, 0.717) is 16.6 Å². The predicted molar refractivity (Wildman–Crippen MR) is 73.1 cm³/mol. The maximum Gasteiger partial charge on any atom is 0.316 e. The Bertz CT molecular complexity index is 537. The van der Waals surface area contributed by atoms with Gasteiger partial charge in [-0.25, -0.2) is 4.98 Å². The van der Waals surface area contributed by atoms with Crippen LogP contribution in [0.15, 0.2) is 10.7 Å². The number of hydrogen-bond acceptors (Lipinski definition) is 5. The summed E-state index contributed by atoms with van der Waals surface area (Å²) in [4.78, 5) is 27.7. The van der Waals surface area contributed by atoms with Crippen LogP contribution in [0.4, 0.5) is 11.5 Å². The zero-order valence-corrected chi connectivity index (χ0v) is 11.9. The summed E-state index contributed by atoms with van der Waals surface area (Å²) < 4.78 is 0.548. The number of halogens is 1. The number of rotatable bonds is 2. The number of carbonyl (C=O) groups excluding carboxylic acids is 1. The number of anilines is 1. The van der Waals surface area contributed by atoms with Gasteiger partial charge in [0.15, 0.2) is 0 Å². The van der Waals surface area contributed by atoms with E-state index < -0.39 is 4.92 Å². The third-order valence-electron chi connectivity index (χ3n) is 2.77. The molecule has 0 radical (unpaired) electrons. The van der Waals surface area contributed by atoms with Crippen molar-refractivity contribution in [3.63, 3.8) is 0 Å². The summed E-state index contributed by atoms with van der Waals surface area (Å²) in [6.07, 6.45) is 1.74. The van der Waals surface area contributed by atoms with Gasteiger partial charge in [-0.05, 0) is 22.9 Å². The number of nitro groups is 1. The van der Waals surface area contributed by atoms with Gasteiger partial charge < -0.3 is 0 Å². The van der Waals surface area contributed by atoms with E-state index in [4.69, 9.17) is 0 Å². The summed E-state index contributed by atoms with van der Waals surface area (Å²) in [5, 5.41) is 11.0. The van der Waals surface area contributed by atoms with Gasteiger partial charge in [-0.3, -0.25) is 19.8 Å². The number of nitrogens with zero attached hydrogens (tertiary/aromatic N) is 3. The van der Waals surface area contributed by atoms with Crippen LogP contribution in [0.2, 0.25) is 0 Å². The quantitative estimate of drug-likeness (QED) is 0.511. The smallest absolute Gasteiger partial charge is 0.290 e. The summed E-state index contributed by atoms with van der Waals surface area (Å²) in [6, 6.07) is 0. The first kappa shape index (κ1) is 13.3. The number of pyridine rings is 1. The molecule has 1 saturated heterocycles. The van der Waals surface area contributed by atoms with Gasteiger partial charge in [0.2, 0.25) is 11.7 Å². The molecule has 1 aromatic rings. The van der Waals surface area contributed by atoms with Gasteiger partial charge in [0.1, 0.15) is 0 Å². The topological polar surface area (TPSA) is 76.3 Å². The highest BCUT2D eigenvalue weighted by atomic mass is 79.9. The van der Waals surface area contributed by atoms with Gasteiger partial charge >= 0.3 is 5.69 Å². The molecule has 1 aromatic heterocycles. The van der Waals surface area contributed by atoms with E-state index in [0.717, 1.165) is 0 Å². The van der Waals surface area contributed by atoms with Crippen LogP contribution in [0, 0.1) is 17.0 Å². The molecule has 1 aliphatic rings. The first-order chi connectivity index (χ1) is 8.41. The van der Waals surface area contributed by atoms with Crippen molar-refractivity contribution in [2.75, 3.05) is 11.4 Å². The number of carbonyl (C=O) groups is 1. The minimum atomic E-state index is -0.512. The molecule has 6 nitrogen and oxygen atoms in total. The number of aromatic nitrogens is 1. The molecule has 0 saturated carbocycles. The molecule has 1 amide bonds. The fourth-order valence-electron chi connectivity index (χ4n) is 1.87. The molecule has 2 rings (SSSR count). The van der Waals surface area contributed by atoms with Gasteiger partial charge in [0, 0.05) is 34.4 Å². The molecule has 1 unspecified atom stereocenters. The second kappa shape index (κ2) is 4.85. The summed E-state index contributed by atoms with van der Waals surface area (Å²) in [5.41, 5.74) is 0.320. The number of thiol groups is 1. The second-order valence-corrected chi connectivity index (χ2v) is 5.61. The highest BCUT2D eigenvalue weighted by molar-refractivity contribution is 9.10. The zero-order chi connectivity index (χ0) is 13.4. The molecular formula is C10H10BrN3O3S. The van der Waals surface area contributed by atoms with E-state index in [9.17, 15) is 14.9 Å². The molecule has 0 aromatic carbocycles. The predicted octanol–water partition coefficient (Wildman–Crippen LogP) is 2.10. The number of hydrogen-bond donors (Lipinski definition) is 1. The van der Waals surface area contributed by atoms with Gasteiger partial charge in [-0.2, -0.15) is 12.6 Å². The molecule has 0 N–H and O–H groups in total. The van der Waals surface area contributed by atoms with Gasteiger partial charge in [0.05, 0.1) is 4.92 Å². The zero-order valence-electron chi connectivity index (χ0n) is 9.46. The lowest BCUT2D eigenvalue weighted by atomic mass is 10.2. The molecule has 0 aliphatic carbocycles. The maximum absolute atomic E-state index is 11.8. The van der Waals surface area contributed by atoms with Crippen LogP contribution >= 0.6 is 28.6 Å². The largest absolute Gasteiger partial charge is 0.316 e.